The smallest absolute Gasteiger partial charge is 0.228 e. The van der Waals surface area contributed by atoms with E-state index in [1.807, 2.05) is 14.0 Å². The molecule has 0 bridgehead atoms. The van der Waals surface area contributed by atoms with Gasteiger partial charge in [-0.15, -0.1) is 12.4 Å². The first-order chi connectivity index (χ1) is 8.04. The van der Waals surface area contributed by atoms with Gasteiger partial charge in [-0.1, -0.05) is 13.0 Å². The van der Waals surface area contributed by atoms with E-state index in [4.69, 9.17) is 0 Å². The van der Waals surface area contributed by atoms with Crippen molar-refractivity contribution in [2.75, 3.05) is 25.2 Å². The number of carbonyl (C=O) groups excluding carboxylic acids is 1. The first kappa shape index (κ1) is 17.1. The Balaban J connectivity index is 0.00000289. The SMILES string of the molecule is CNCC(C)C(=O)Nc1cccc(S(C)=O)c1.Cl. The number of rotatable bonds is 5. The quantitative estimate of drug-likeness (QED) is 0.867. The third-order valence-electron chi connectivity index (χ3n) is 2.39. The van der Waals surface area contributed by atoms with Gasteiger partial charge in [0.15, 0.2) is 0 Å². The van der Waals surface area contributed by atoms with Crippen molar-refractivity contribution in [1.29, 1.82) is 0 Å². The van der Waals surface area contributed by atoms with Gasteiger partial charge in [-0.05, 0) is 25.2 Å². The number of hydrogen-bond acceptors (Lipinski definition) is 3. The lowest BCUT2D eigenvalue weighted by Gasteiger charge is -2.11. The predicted molar refractivity (Wildman–Crippen MR) is 77.7 cm³/mol. The molecule has 102 valence electrons. The molecule has 0 saturated heterocycles. The normalized spacial score (nSPS) is 13.3. The molecule has 0 radical (unpaired) electrons. The number of halogens is 1. The van der Waals surface area contributed by atoms with E-state index in [2.05, 4.69) is 10.6 Å². The molecular formula is C12H19ClN2O2S. The van der Waals surface area contributed by atoms with E-state index < -0.39 is 10.8 Å². The molecule has 2 unspecified atom stereocenters. The summed E-state index contributed by atoms with van der Waals surface area (Å²) in [7, 11) is 0.778. The van der Waals surface area contributed by atoms with Crippen molar-refractivity contribution in [3.8, 4) is 0 Å². The molecule has 0 aromatic heterocycles. The van der Waals surface area contributed by atoms with Crippen molar-refractivity contribution >= 4 is 34.8 Å². The summed E-state index contributed by atoms with van der Waals surface area (Å²) in [5, 5.41) is 5.76. The maximum atomic E-state index is 11.8. The fourth-order valence-electron chi connectivity index (χ4n) is 1.42. The molecule has 2 atom stereocenters. The zero-order valence-electron chi connectivity index (χ0n) is 10.7. The minimum Gasteiger partial charge on any atom is -0.326 e. The first-order valence-corrected chi connectivity index (χ1v) is 6.99. The fourth-order valence-corrected chi connectivity index (χ4v) is 1.98. The molecule has 0 aliphatic carbocycles. The molecule has 1 aromatic carbocycles. The number of anilines is 1. The third kappa shape index (κ3) is 5.16. The standard InChI is InChI=1S/C12H18N2O2S.ClH/c1-9(8-13-2)12(15)14-10-5-4-6-11(7-10)17(3)16;/h4-7,9,13H,8H2,1-3H3,(H,14,15);1H. The van der Waals surface area contributed by atoms with Crippen molar-refractivity contribution < 1.29 is 9.00 Å². The van der Waals surface area contributed by atoms with Crippen molar-refractivity contribution in [2.24, 2.45) is 5.92 Å². The molecule has 1 amide bonds. The molecule has 0 heterocycles. The summed E-state index contributed by atoms with van der Waals surface area (Å²) < 4.78 is 11.3. The molecule has 2 N–H and O–H groups in total. The summed E-state index contributed by atoms with van der Waals surface area (Å²) in [4.78, 5) is 12.5. The molecule has 0 aliphatic rings. The highest BCUT2D eigenvalue weighted by Crippen LogP contribution is 2.14. The maximum Gasteiger partial charge on any atom is 0.228 e. The largest absolute Gasteiger partial charge is 0.326 e. The average Bonchev–Trinajstić information content (AvgIpc) is 2.29. The highest BCUT2D eigenvalue weighted by Gasteiger charge is 2.12. The Labute approximate surface area is 116 Å². The van der Waals surface area contributed by atoms with Crippen LogP contribution in [-0.2, 0) is 15.6 Å². The molecular weight excluding hydrogens is 272 g/mol. The van der Waals surface area contributed by atoms with Crippen LogP contribution in [0.4, 0.5) is 5.69 Å². The van der Waals surface area contributed by atoms with Crippen LogP contribution in [-0.4, -0.2) is 30.0 Å². The van der Waals surface area contributed by atoms with E-state index >= 15 is 0 Å². The Morgan fingerprint density at radius 3 is 2.67 bits per heavy atom. The summed E-state index contributed by atoms with van der Waals surface area (Å²) in [5.74, 6) is -0.144. The summed E-state index contributed by atoms with van der Waals surface area (Å²) >= 11 is 0. The van der Waals surface area contributed by atoms with Crippen LogP contribution in [0.15, 0.2) is 29.2 Å². The van der Waals surface area contributed by atoms with Gasteiger partial charge in [-0.3, -0.25) is 9.00 Å². The van der Waals surface area contributed by atoms with Crippen molar-refractivity contribution in [1.82, 2.24) is 5.32 Å². The zero-order valence-corrected chi connectivity index (χ0v) is 12.4. The van der Waals surface area contributed by atoms with E-state index in [0.29, 0.717) is 17.1 Å². The third-order valence-corrected chi connectivity index (χ3v) is 3.31. The monoisotopic (exact) mass is 290 g/mol. The molecule has 0 aliphatic heterocycles. The van der Waals surface area contributed by atoms with Gasteiger partial charge in [0.05, 0.1) is 0 Å². The van der Waals surface area contributed by atoms with Gasteiger partial charge in [-0.2, -0.15) is 0 Å². The van der Waals surface area contributed by atoms with E-state index in [9.17, 15) is 9.00 Å². The number of nitrogens with one attached hydrogen (secondary N) is 2. The second-order valence-electron chi connectivity index (χ2n) is 3.93. The predicted octanol–water partition coefficient (Wildman–Crippen LogP) is 1.64. The van der Waals surface area contributed by atoms with Crippen LogP contribution in [0.1, 0.15) is 6.92 Å². The Morgan fingerprint density at radius 1 is 1.44 bits per heavy atom. The van der Waals surface area contributed by atoms with Crippen molar-refractivity contribution in [2.45, 2.75) is 11.8 Å². The second kappa shape index (κ2) is 8.24. The molecule has 1 aromatic rings. The number of amides is 1. The molecule has 18 heavy (non-hydrogen) atoms. The highest BCUT2D eigenvalue weighted by atomic mass is 35.5. The summed E-state index contributed by atoms with van der Waals surface area (Å²) in [6, 6.07) is 7.10. The highest BCUT2D eigenvalue weighted by molar-refractivity contribution is 7.84. The first-order valence-electron chi connectivity index (χ1n) is 5.43. The Hall–Kier alpha value is -0.910. The lowest BCUT2D eigenvalue weighted by molar-refractivity contribution is -0.119. The van der Waals surface area contributed by atoms with Crippen LogP contribution in [0, 0.1) is 5.92 Å². The maximum absolute atomic E-state index is 11.8. The van der Waals surface area contributed by atoms with Gasteiger partial charge < -0.3 is 10.6 Å². The van der Waals surface area contributed by atoms with Crippen molar-refractivity contribution in [3.05, 3.63) is 24.3 Å². The van der Waals surface area contributed by atoms with E-state index in [1.54, 1.807) is 30.5 Å². The van der Waals surface area contributed by atoms with Gasteiger partial charge in [0, 0.05) is 40.1 Å². The lowest BCUT2D eigenvalue weighted by atomic mass is 10.1. The summed E-state index contributed by atoms with van der Waals surface area (Å²) in [6.07, 6.45) is 1.62. The molecule has 0 saturated carbocycles. The Kier molecular flexibility index (Phi) is 7.82. The average molecular weight is 291 g/mol. The molecule has 0 spiro atoms. The van der Waals surface area contributed by atoms with E-state index in [1.165, 1.54) is 0 Å². The van der Waals surface area contributed by atoms with Crippen LogP contribution >= 0.6 is 12.4 Å². The van der Waals surface area contributed by atoms with Gasteiger partial charge >= 0.3 is 0 Å². The van der Waals surface area contributed by atoms with Gasteiger partial charge in [0.2, 0.25) is 5.91 Å². The van der Waals surface area contributed by atoms with Gasteiger partial charge in [-0.25, -0.2) is 0 Å². The number of carbonyl (C=O) groups is 1. The van der Waals surface area contributed by atoms with Gasteiger partial charge in [0.1, 0.15) is 0 Å². The Morgan fingerprint density at radius 2 is 2.11 bits per heavy atom. The number of benzene rings is 1. The van der Waals surface area contributed by atoms with Crippen LogP contribution in [0.2, 0.25) is 0 Å². The fraction of sp³-hybridized carbons (Fsp3) is 0.417. The van der Waals surface area contributed by atoms with Gasteiger partial charge in [0.25, 0.3) is 0 Å². The van der Waals surface area contributed by atoms with Crippen LogP contribution in [0.3, 0.4) is 0 Å². The van der Waals surface area contributed by atoms with E-state index in [0.717, 1.165) is 0 Å². The second-order valence-corrected chi connectivity index (χ2v) is 5.31. The minimum absolute atomic E-state index is 0. The molecule has 0 fully saturated rings. The van der Waals surface area contributed by atoms with Crippen molar-refractivity contribution in [3.63, 3.8) is 0 Å². The van der Waals surface area contributed by atoms with Crippen LogP contribution in [0.25, 0.3) is 0 Å². The molecule has 4 nitrogen and oxygen atoms in total. The summed E-state index contributed by atoms with van der Waals surface area (Å²) in [5.41, 5.74) is 0.686. The molecule has 1 rings (SSSR count). The minimum atomic E-state index is -1.03. The van der Waals surface area contributed by atoms with E-state index in [-0.39, 0.29) is 24.2 Å². The molecule has 6 heteroatoms. The zero-order chi connectivity index (χ0) is 12.8. The van der Waals surface area contributed by atoms with Crippen LogP contribution < -0.4 is 10.6 Å². The lowest BCUT2D eigenvalue weighted by Crippen LogP contribution is -2.28. The summed E-state index contributed by atoms with van der Waals surface area (Å²) in [6.45, 7) is 2.49. The number of hydrogen-bond donors (Lipinski definition) is 2. The van der Waals surface area contributed by atoms with Crippen LogP contribution in [0.5, 0.6) is 0 Å². The topological polar surface area (TPSA) is 58.2 Å². The Bertz CT molecular complexity index is 426.